The van der Waals surface area contributed by atoms with Crippen LogP contribution in [0.5, 0.6) is 0 Å². The molecule has 0 spiro atoms. The molecule has 0 N–H and O–H groups in total. The SMILES string of the molecule is CN1CCN(C)C1=C[N+]#N. The topological polar surface area (TPSA) is 34.6 Å². The number of nitrogens with zero attached hydrogens (tertiary/aromatic N) is 4. The summed E-state index contributed by atoms with van der Waals surface area (Å²) in [5.41, 5.74) is 0. The zero-order valence-corrected chi connectivity index (χ0v) is 6.28. The third kappa shape index (κ3) is 1.03. The van der Waals surface area contributed by atoms with Crippen LogP contribution < -0.4 is 0 Å². The molecule has 1 fully saturated rings. The van der Waals surface area contributed by atoms with E-state index >= 15 is 0 Å². The van der Waals surface area contributed by atoms with Crippen LogP contribution in [0.25, 0.3) is 4.98 Å². The Morgan fingerprint density at radius 3 is 2.30 bits per heavy atom. The zero-order chi connectivity index (χ0) is 7.56. The van der Waals surface area contributed by atoms with Gasteiger partial charge in [-0.1, -0.05) is 0 Å². The summed E-state index contributed by atoms with van der Waals surface area (Å²) in [6.45, 7) is 2.00. The van der Waals surface area contributed by atoms with Gasteiger partial charge in [-0.2, -0.15) is 0 Å². The molecule has 0 saturated carbocycles. The van der Waals surface area contributed by atoms with E-state index in [1.165, 1.54) is 6.20 Å². The van der Waals surface area contributed by atoms with E-state index in [4.69, 9.17) is 5.39 Å². The van der Waals surface area contributed by atoms with Crippen LogP contribution in [0, 0.1) is 5.39 Å². The van der Waals surface area contributed by atoms with Crippen molar-refractivity contribution in [3.63, 3.8) is 0 Å². The van der Waals surface area contributed by atoms with Gasteiger partial charge in [0.25, 0.3) is 0 Å². The van der Waals surface area contributed by atoms with Crippen LogP contribution in [-0.2, 0) is 0 Å². The summed E-state index contributed by atoms with van der Waals surface area (Å²) < 4.78 is 0. The first kappa shape index (κ1) is 6.87. The minimum absolute atomic E-state index is 0.961. The fourth-order valence-electron chi connectivity index (χ4n) is 1.07. The molecule has 0 aromatic carbocycles. The van der Waals surface area contributed by atoms with Gasteiger partial charge in [0.1, 0.15) is 0 Å². The van der Waals surface area contributed by atoms with Crippen molar-refractivity contribution in [3.8, 4) is 0 Å². The Hall–Kier alpha value is -1.24. The van der Waals surface area contributed by atoms with Crippen LogP contribution in [0.2, 0.25) is 0 Å². The molecular formula is C6H11N4+. The molecule has 0 aliphatic carbocycles. The van der Waals surface area contributed by atoms with E-state index in [0.29, 0.717) is 0 Å². The lowest BCUT2D eigenvalue weighted by atomic mass is 10.6. The normalized spacial score (nSPS) is 17.5. The molecule has 1 saturated heterocycles. The van der Waals surface area contributed by atoms with Gasteiger partial charge < -0.3 is 9.80 Å². The lowest BCUT2D eigenvalue weighted by Crippen LogP contribution is -2.15. The van der Waals surface area contributed by atoms with E-state index in [9.17, 15) is 0 Å². The van der Waals surface area contributed by atoms with Crippen molar-refractivity contribution in [1.29, 1.82) is 5.39 Å². The van der Waals surface area contributed by atoms with Crippen molar-refractivity contribution < 1.29 is 0 Å². The smallest absolute Gasteiger partial charge is 0.353 e. The predicted octanol–water partition coefficient (Wildman–Crippen LogP) is 0.516. The highest BCUT2D eigenvalue weighted by atomic mass is 15.4. The molecule has 1 rings (SSSR count). The third-order valence-electron chi connectivity index (χ3n) is 1.73. The Labute approximate surface area is 60.3 Å². The van der Waals surface area contributed by atoms with Crippen molar-refractivity contribution in [2.45, 2.75) is 0 Å². The van der Waals surface area contributed by atoms with Crippen LogP contribution in [0.15, 0.2) is 12.0 Å². The maximum absolute atomic E-state index is 8.26. The molecule has 0 amide bonds. The molecule has 1 aliphatic rings. The van der Waals surface area contributed by atoms with Crippen LogP contribution in [0.4, 0.5) is 0 Å². The summed E-state index contributed by atoms with van der Waals surface area (Å²) in [5, 5.41) is 8.26. The summed E-state index contributed by atoms with van der Waals surface area (Å²) in [4.78, 5) is 7.06. The van der Waals surface area contributed by atoms with E-state index < -0.39 is 0 Å². The van der Waals surface area contributed by atoms with E-state index in [1.807, 2.05) is 23.9 Å². The Bertz CT molecular complexity index is 178. The van der Waals surface area contributed by atoms with Crippen LogP contribution >= 0.6 is 0 Å². The summed E-state index contributed by atoms with van der Waals surface area (Å²) in [5.74, 6) is 0.961. The second-order valence-electron chi connectivity index (χ2n) is 2.45. The molecule has 4 heteroatoms. The molecule has 0 unspecified atom stereocenters. The molecule has 4 nitrogen and oxygen atoms in total. The highest BCUT2D eigenvalue weighted by Gasteiger charge is 2.21. The van der Waals surface area contributed by atoms with Crippen LogP contribution in [0.1, 0.15) is 0 Å². The molecule has 0 aromatic rings. The highest BCUT2D eigenvalue weighted by Crippen LogP contribution is 2.12. The Morgan fingerprint density at radius 2 is 1.90 bits per heavy atom. The molecular weight excluding hydrogens is 128 g/mol. The second kappa shape index (κ2) is 2.56. The van der Waals surface area contributed by atoms with Crippen molar-refractivity contribution in [3.05, 3.63) is 17.0 Å². The van der Waals surface area contributed by atoms with Gasteiger partial charge >= 0.3 is 6.20 Å². The number of hydrogen-bond acceptors (Lipinski definition) is 3. The first-order valence-corrected chi connectivity index (χ1v) is 3.22. The number of hydrogen-bond donors (Lipinski definition) is 0. The van der Waals surface area contributed by atoms with E-state index in [0.717, 1.165) is 18.9 Å². The van der Waals surface area contributed by atoms with E-state index in [1.54, 1.807) is 0 Å². The molecule has 0 atom stereocenters. The molecule has 10 heavy (non-hydrogen) atoms. The minimum Gasteiger partial charge on any atom is -0.353 e. The van der Waals surface area contributed by atoms with E-state index in [-0.39, 0.29) is 0 Å². The van der Waals surface area contributed by atoms with Gasteiger partial charge in [0.05, 0.1) is 0 Å². The lowest BCUT2D eigenvalue weighted by molar-refractivity contribution is 0.423. The van der Waals surface area contributed by atoms with Crippen LogP contribution in [-0.4, -0.2) is 37.0 Å². The lowest BCUT2D eigenvalue weighted by Gasteiger charge is -2.11. The molecule has 0 radical (unpaired) electrons. The fraction of sp³-hybridized carbons (Fsp3) is 0.667. The van der Waals surface area contributed by atoms with Gasteiger partial charge in [-0.05, 0) is 0 Å². The summed E-state index contributed by atoms with van der Waals surface area (Å²) in [7, 11) is 3.95. The van der Waals surface area contributed by atoms with Gasteiger partial charge in [0.15, 0.2) is 10.8 Å². The van der Waals surface area contributed by atoms with Crippen molar-refractivity contribution in [1.82, 2.24) is 9.80 Å². The molecule has 0 aromatic heterocycles. The van der Waals surface area contributed by atoms with Gasteiger partial charge in [-0.25, -0.2) is 0 Å². The van der Waals surface area contributed by atoms with Crippen LogP contribution in [0.3, 0.4) is 0 Å². The standard InChI is InChI=1S/C6H11N4/c1-9-3-4-10(2)6(9)5-8-7/h5H,3-4H2,1-2H3/q+1. The fourth-order valence-corrected chi connectivity index (χ4v) is 1.07. The Kier molecular flexibility index (Phi) is 1.76. The Balaban J connectivity index is 2.74. The van der Waals surface area contributed by atoms with Gasteiger partial charge in [0.2, 0.25) is 5.39 Å². The number of diazo groups is 1. The molecule has 0 bridgehead atoms. The molecule has 1 aliphatic heterocycles. The largest absolute Gasteiger partial charge is 0.390 e. The molecule has 1 heterocycles. The highest BCUT2D eigenvalue weighted by molar-refractivity contribution is 5.06. The average molecular weight is 139 g/mol. The third-order valence-corrected chi connectivity index (χ3v) is 1.73. The maximum Gasteiger partial charge on any atom is 0.390 e. The molecule has 54 valence electrons. The van der Waals surface area contributed by atoms with Gasteiger partial charge in [-0.15, -0.1) is 0 Å². The summed E-state index contributed by atoms with van der Waals surface area (Å²) in [6, 6.07) is 0. The maximum atomic E-state index is 8.26. The van der Waals surface area contributed by atoms with E-state index in [2.05, 4.69) is 4.98 Å². The quantitative estimate of drug-likeness (QED) is 0.459. The first-order chi connectivity index (χ1) is 4.75. The zero-order valence-electron chi connectivity index (χ0n) is 6.28. The number of likely N-dealkylation sites (N-methyl/N-ethyl adjacent to an activating group) is 2. The Morgan fingerprint density at radius 1 is 1.40 bits per heavy atom. The monoisotopic (exact) mass is 139 g/mol. The summed E-state index contributed by atoms with van der Waals surface area (Å²) in [6.07, 6.45) is 1.45. The number of rotatable bonds is 0. The van der Waals surface area contributed by atoms with Crippen molar-refractivity contribution in [2.75, 3.05) is 27.2 Å². The summed E-state index contributed by atoms with van der Waals surface area (Å²) >= 11 is 0. The van der Waals surface area contributed by atoms with Gasteiger partial charge in [-0.3, -0.25) is 0 Å². The van der Waals surface area contributed by atoms with Crippen molar-refractivity contribution >= 4 is 0 Å². The minimum atomic E-state index is 0.961. The van der Waals surface area contributed by atoms with Crippen molar-refractivity contribution in [2.24, 2.45) is 0 Å². The first-order valence-electron chi connectivity index (χ1n) is 3.22. The predicted molar refractivity (Wildman–Crippen MR) is 38.4 cm³/mol. The van der Waals surface area contributed by atoms with Gasteiger partial charge in [0, 0.05) is 27.2 Å². The average Bonchev–Trinajstić information content (AvgIpc) is 2.20. The second-order valence-corrected chi connectivity index (χ2v) is 2.45.